The summed E-state index contributed by atoms with van der Waals surface area (Å²) in [6.45, 7) is 2.24. The van der Waals surface area contributed by atoms with Crippen molar-refractivity contribution >= 4 is 24.8 Å². The first-order valence-corrected chi connectivity index (χ1v) is 10.8. The zero-order chi connectivity index (χ0) is 22.8. The molecule has 31 heavy (non-hydrogen) atoms. The van der Waals surface area contributed by atoms with Crippen LogP contribution in [0, 0.1) is 0 Å². The zero-order valence-corrected chi connectivity index (χ0v) is 18.0. The molecule has 3 unspecified atom stereocenters. The number of nitrogens with zero attached hydrogens (tertiary/aromatic N) is 1. The Labute approximate surface area is 183 Å². The average molecular weight is 432 g/mol. The zero-order valence-electron chi connectivity index (χ0n) is 18.0. The molecule has 0 radical (unpaired) electrons. The van der Waals surface area contributed by atoms with E-state index in [-0.39, 0.29) is 11.8 Å². The Balaban J connectivity index is 2.08. The van der Waals surface area contributed by atoms with E-state index in [2.05, 4.69) is 10.6 Å². The molecule has 0 saturated carbocycles. The van der Waals surface area contributed by atoms with Gasteiger partial charge in [0.25, 0.3) is 0 Å². The predicted molar refractivity (Wildman–Crippen MR) is 118 cm³/mol. The largest absolute Gasteiger partial charge is 0.475 e. The summed E-state index contributed by atoms with van der Waals surface area (Å²) in [5.74, 6) is -1.89. The minimum Gasteiger partial charge on any atom is -0.426 e. The first kappa shape index (κ1) is 24.8. The van der Waals surface area contributed by atoms with Crippen LogP contribution >= 0.6 is 0 Å². The van der Waals surface area contributed by atoms with E-state index >= 15 is 0 Å². The van der Waals surface area contributed by atoms with Gasteiger partial charge in [-0.15, -0.1) is 0 Å². The van der Waals surface area contributed by atoms with Crippen molar-refractivity contribution in [3.05, 3.63) is 35.9 Å². The topological polar surface area (TPSA) is 145 Å². The molecule has 6 N–H and O–H groups in total. The van der Waals surface area contributed by atoms with Crippen LogP contribution in [0.25, 0.3) is 0 Å². The van der Waals surface area contributed by atoms with E-state index in [0.717, 1.165) is 5.56 Å². The van der Waals surface area contributed by atoms with Crippen LogP contribution in [-0.2, 0) is 20.8 Å². The Morgan fingerprint density at radius 3 is 2.52 bits per heavy atom. The molecule has 0 spiro atoms. The van der Waals surface area contributed by atoms with E-state index in [9.17, 15) is 24.4 Å². The van der Waals surface area contributed by atoms with Crippen molar-refractivity contribution in [3.8, 4) is 0 Å². The van der Waals surface area contributed by atoms with E-state index < -0.39 is 31.1 Å². The van der Waals surface area contributed by atoms with Gasteiger partial charge < -0.3 is 31.3 Å². The van der Waals surface area contributed by atoms with Gasteiger partial charge in [-0.1, -0.05) is 36.8 Å². The highest BCUT2D eigenvalue weighted by atomic mass is 16.4. The van der Waals surface area contributed by atoms with E-state index in [4.69, 9.17) is 5.73 Å². The summed E-state index contributed by atoms with van der Waals surface area (Å²) in [6, 6.07) is 7.87. The molecule has 0 aromatic heterocycles. The molecule has 1 heterocycles. The summed E-state index contributed by atoms with van der Waals surface area (Å²) >= 11 is 0. The molecule has 1 aromatic rings. The van der Waals surface area contributed by atoms with Gasteiger partial charge in [-0.05, 0) is 37.8 Å². The number of hydrogen-bond acceptors (Lipinski definition) is 6. The van der Waals surface area contributed by atoms with Gasteiger partial charge in [0.15, 0.2) is 0 Å². The smallest absolute Gasteiger partial charge is 0.426 e. The number of unbranched alkanes of at least 4 members (excludes halogenated alkanes) is 1. The summed E-state index contributed by atoms with van der Waals surface area (Å²) in [6.07, 6.45) is 3.19. The van der Waals surface area contributed by atoms with Gasteiger partial charge in [0.05, 0.1) is 5.94 Å². The van der Waals surface area contributed by atoms with Gasteiger partial charge in [0.2, 0.25) is 17.7 Å². The maximum absolute atomic E-state index is 13.2. The predicted octanol–water partition coefficient (Wildman–Crippen LogP) is -0.649. The highest BCUT2D eigenvalue weighted by molar-refractivity contribution is 6.43. The lowest BCUT2D eigenvalue weighted by atomic mass is 9.76. The average Bonchev–Trinajstić information content (AvgIpc) is 3.22. The second-order valence-electron chi connectivity index (χ2n) is 7.95. The van der Waals surface area contributed by atoms with Crippen LogP contribution in [0.1, 0.15) is 44.6 Å². The van der Waals surface area contributed by atoms with Gasteiger partial charge in [-0.2, -0.15) is 0 Å². The second-order valence-corrected chi connectivity index (χ2v) is 7.95. The molecular formula is C21H33BN4O5. The third-order valence-corrected chi connectivity index (χ3v) is 5.45. The third kappa shape index (κ3) is 7.64. The van der Waals surface area contributed by atoms with Crippen LogP contribution in [0.3, 0.4) is 0 Å². The minimum absolute atomic E-state index is 0.319. The van der Waals surface area contributed by atoms with Crippen LogP contribution in [-0.4, -0.2) is 70.9 Å². The van der Waals surface area contributed by atoms with Crippen LogP contribution in [0.4, 0.5) is 0 Å². The molecule has 1 aromatic carbocycles. The Morgan fingerprint density at radius 1 is 1.19 bits per heavy atom. The number of carbonyl (C=O) groups excluding carboxylic acids is 3. The fourth-order valence-electron chi connectivity index (χ4n) is 3.88. The van der Waals surface area contributed by atoms with E-state index in [0.29, 0.717) is 51.6 Å². The third-order valence-electron chi connectivity index (χ3n) is 5.45. The number of nitrogens with one attached hydrogen (secondary N) is 2. The molecule has 1 fully saturated rings. The molecule has 1 aliphatic heterocycles. The summed E-state index contributed by atoms with van der Waals surface area (Å²) in [7, 11) is -1.70. The number of hydrogen-bond donors (Lipinski definition) is 5. The van der Waals surface area contributed by atoms with Crippen molar-refractivity contribution in [3.63, 3.8) is 0 Å². The van der Waals surface area contributed by atoms with E-state index in [1.807, 2.05) is 30.3 Å². The molecule has 170 valence electrons. The van der Waals surface area contributed by atoms with Gasteiger partial charge in [-0.3, -0.25) is 14.4 Å². The van der Waals surface area contributed by atoms with Crippen LogP contribution in [0.2, 0.25) is 0 Å². The summed E-state index contributed by atoms with van der Waals surface area (Å²) in [5.41, 5.74) is 6.38. The molecule has 3 amide bonds. The van der Waals surface area contributed by atoms with Crippen LogP contribution < -0.4 is 16.4 Å². The summed E-state index contributed by atoms with van der Waals surface area (Å²) in [5, 5.41) is 24.6. The Kier molecular flexibility index (Phi) is 9.96. The number of nitrogens with two attached hydrogens (primary N) is 1. The molecule has 0 aliphatic carbocycles. The Morgan fingerprint density at radius 2 is 1.90 bits per heavy atom. The number of amides is 3. The summed E-state index contributed by atoms with van der Waals surface area (Å²) in [4.78, 5) is 39.3. The Hall–Kier alpha value is -2.43. The molecule has 2 rings (SSSR count). The molecule has 0 bridgehead atoms. The van der Waals surface area contributed by atoms with Crippen molar-refractivity contribution in [2.75, 3.05) is 13.1 Å². The van der Waals surface area contributed by atoms with Gasteiger partial charge in [0, 0.05) is 19.9 Å². The normalized spacial score (nSPS) is 17.7. The maximum Gasteiger partial charge on any atom is 0.475 e. The lowest BCUT2D eigenvalue weighted by Gasteiger charge is -2.30. The molecule has 9 nitrogen and oxygen atoms in total. The molecular weight excluding hydrogens is 399 g/mol. The lowest BCUT2D eigenvalue weighted by molar-refractivity contribution is -0.141. The van der Waals surface area contributed by atoms with Gasteiger partial charge in [0.1, 0.15) is 12.1 Å². The highest BCUT2D eigenvalue weighted by Crippen LogP contribution is 2.20. The Bertz CT molecular complexity index is 734. The second kappa shape index (κ2) is 12.4. The first-order chi connectivity index (χ1) is 14.8. The maximum atomic E-state index is 13.2. The first-order valence-electron chi connectivity index (χ1n) is 10.8. The van der Waals surface area contributed by atoms with Crippen molar-refractivity contribution < 1.29 is 24.4 Å². The van der Waals surface area contributed by atoms with Gasteiger partial charge in [-0.25, -0.2) is 0 Å². The quantitative estimate of drug-likeness (QED) is 0.232. The molecule has 1 saturated heterocycles. The SMILES string of the molecule is CC(=O)NC(Cc1ccccc1)C(=O)N1CCCC1C(=O)NC(CCCCN)B(O)O. The summed E-state index contributed by atoms with van der Waals surface area (Å²) < 4.78 is 0. The number of carbonyl (C=O) groups is 3. The van der Waals surface area contributed by atoms with Gasteiger partial charge >= 0.3 is 7.12 Å². The fourth-order valence-corrected chi connectivity index (χ4v) is 3.88. The van der Waals surface area contributed by atoms with E-state index in [1.54, 1.807) is 0 Å². The van der Waals surface area contributed by atoms with Crippen molar-refractivity contribution in [1.82, 2.24) is 15.5 Å². The number of rotatable bonds is 11. The molecule has 3 atom stereocenters. The fraction of sp³-hybridized carbons (Fsp3) is 0.571. The number of benzene rings is 1. The molecule has 10 heteroatoms. The van der Waals surface area contributed by atoms with Crippen LogP contribution in [0.5, 0.6) is 0 Å². The van der Waals surface area contributed by atoms with Crippen molar-refractivity contribution in [2.24, 2.45) is 5.73 Å². The monoisotopic (exact) mass is 432 g/mol. The van der Waals surface area contributed by atoms with Crippen molar-refractivity contribution in [2.45, 2.75) is 63.5 Å². The lowest BCUT2D eigenvalue weighted by Crippen LogP contribution is -2.56. The van der Waals surface area contributed by atoms with E-state index in [1.165, 1.54) is 11.8 Å². The van der Waals surface area contributed by atoms with Crippen LogP contribution in [0.15, 0.2) is 30.3 Å². The van der Waals surface area contributed by atoms with Crippen molar-refractivity contribution in [1.29, 1.82) is 0 Å². The minimum atomic E-state index is -1.70. The standard InChI is InChI=1S/C21H33BN4O5/c1-15(27)24-17(14-16-8-3-2-4-9-16)21(29)26-13-7-10-18(26)20(28)25-19(22(30)31)11-5-6-12-23/h2-4,8-9,17-19,30-31H,5-7,10-14,23H2,1H3,(H,24,27)(H,25,28). The highest BCUT2D eigenvalue weighted by Gasteiger charge is 2.39. The number of likely N-dealkylation sites (tertiary alicyclic amines) is 1. The molecule has 1 aliphatic rings.